The number of H-pyrrole nitrogens is 2. The van der Waals surface area contributed by atoms with E-state index in [-0.39, 0.29) is 29.7 Å². The van der Waals surface area contributed by atoms with Crippen LogP contribution >= 0.6 is 0 Å². The number of fused-ring (bicyclic) bond motifs is 1. The Morgan fingerprint density at radius 3 is 1.92 bits per heavy atom. The minimum Gasteiger partial charge on any atom is -0.453 e. The number of ether oxygens (including phenoxy) is 2. The first-order chi connectivity index (χ1) is 29.3. The number of carbonyl (C=O) groups excluding carboxylic acids is 4. The first-order valence-electron chi connectivity index (χ1n) is 20.6. The summed E-state index contributed by atoms with van der Waals surface area (Å²) in [5.74, 6) is 7.36. The maximum absolute atomic E-state index is 13.7. The Hall–Kier alpha value is -6.88. The molecule has 2 aromatic heterocycles. The van der Waals surface area contributed by atoms with E-state index in [0.29, 0.717) is 24.7 Å². The van der Waals surface area contributed by atoms with Gasteiger partial charge in [-0.3, -0.25) is 9.59 Å². The number of imidazole rings is 2. The molecule has 1 fully saturated rings. The number of rotatable bonds is 10. The van der Waals surface area contributed by atoms with Crippen LogP contribution in [-0.4, -0.2) is 93.1 Å². The van der Waals surface area contributed by atoms with Crippen molar-refractivity contribution in [3.63, 3.8) is 0 Å². The van der Waals surface area contributed by atoms with Crippen LogP contribution in [0.1, 0.15) is 82.3 Å². The molecule has 0 spiro atoms. The summed E-state index contributed by atoms with van der Waals surface area (Å²) in [5.41, 5.74) is 6.37. The second kappa shape index (κ2) is 18.2. The van der Waals surface area contributed by atoms with Gasteiger partial charge < -0.3 is 39.9 Å². The molecule has 4 heterocycles. The van der Waals surface area contributed by atoms with Crippen LogP contribution in [0.3, 0.4) is 0 Å². The van der Waals surface area contributed by atoms with E-state index in [1.807, 2.05) is 77.1 Å². The molecule has 1 saturated heterocycles. The monoisotopic (exact) mass is 824 g/mol. The van der Waals surface area contributed by atoms with Crippen LogP contribution in [0.5, 0.6) is 0 Å². The molecule has 4 atom stereocenters. The third-order valence-electron chi connectivity index (χ3n) is 11.3. The summed E-state index contributed by atoms with van der Waals surface area (Å²) in [4.78, 5) is 70.9. The van der Waals surface area contributed by atoms with Crippen molar-refractivity contribution in [1.29, 1.82) is 0 Å². The molecular weight excluding hydrogens is 773 g/mol. The SMILES string of the molecule is COC(=O)NC(C(=O)N1CC(C)=CC1c1ncc(-c2ccc3cc(C#Cc4ccc(-c5cnc(C6CCCN6C(=O)C(NC(=O)OC)C(C)C)[nH]5)cc4)ccc3c2)[nH]1)C(C)C. The fourth-order valence-electron chi connectivity index (χ4n) is 7.95. The van der Waals surface area contributed by atoms with E-state index in [1.165, 1.54) is 14.2 Å². The number of nitrogens with one attached hydrogen (secondary N) is 4. The number of benzene rings is 3. The van der Waals surface area contributed by atoms with Gasteiger partial charge in [0.2, 0.25) is 11.8 Å². The Labute approximate surface area is 355 Å². The third-order valence-corrected chi connectivity index (χ3v) is 11.3. The molecule has 0 radical (unpaired) electrons. The Morgan fingerprint density at radius 2 is 1.26 bits per heavy atom. The van der Waals surface area contributed by atoms with Gasteiger partial charge in [-0.1, -0.05) is 81.5 Å². The van der Waals surface area contributed by atoms with Crippen LogP contribution in [0.2, 0.25) is 0 Å². The van der Waals surface area contributed by atoms with Crippen molar-refractivity contribution in [2.24, 2.45) is 11.8 Å². The van der Waals surface area contributed by atoms with Gasteiger partial charge in [0.1, 0.15) is 29.8 Å². The number of alkyl carbamates (subject to hydrolysis) is 2. The number of aromatic amines is 2. The second-order valence-electron chi connectivity index (χ2n) is 16.3. The summed E-state index contributed by atoms with van der Waals surface area (Å²) >= 11 is 0. The highest BCUT2D eigenvalue weighted by Gasteiger charge is 2.38. The zero-order chi connectivity index (χ0) is 43.4. The molecular formula is C47H52N8O6. The highest BCUT2D eigenvalue weighted by Crippen LogP contribution is 2.34. The average molecular weight is 825 g/mol. The number of methoxy groups -OCH3 is 2. The summed E-state index contributed by atoms with van der Waals surface area (Å²) in [6, 6.07) is 18.3. The van der Waals surface area contributed by atoms with Crippen molar-refractivity contribution >= 4 is 34.8 Å². The smallest absolute Gasteiger partial charge is 0.407 e. The molecule has 2 aliphatic rings. The summed E-state index contributed by atoms with van der Waals surface area (Å²) in [6.07, 6.45) is 5.95. The number of carbonyl (C=O) groups is 4. The van der Waals surface area contributed by atoms with E-state index >= 15 is 0 Å². The van der Waals surface area contributed by atoms with Crippen molar-refractivity contribution < 1.29 is 28.7 Å². The molecule has 14 heteroatoms. The molecule has 0 saturated carbocycles. The quantitative estimate of drug-likeness (QED) is 0.0840. The summed E-state index contributed by atoms with van der Waals surface area (Å²) in [7, 11) is 2.57. The van der Waals surface area contributed by atoms with Gasteiger partial charge in [0.25, 0.3) is 0 Å². The lowest BCUT2D eigenvalue weighted by Gasteiger charge is -2.30. The highest BCUT2D eigenvalue weighted by molar-refractivity contribution is 5.89. The molecule has 4 amide bonds. The first-order valence-corrected chi connectivity index (χ1v) is 20.6. The zero-order valence-electron chi connectivity index (χ0n) is 35.5. The predicted octanol–water partition coefficient (Wildman–Crippen LogP) is 7.27. The van der Waals surface area contributed by atoms with Gasteiger partial charge in [0.15, 0.2) is 0 Å². The normalized spacial score (nSPS) is 17.2. The van der Waals surface area contributed by atoms with Crippen LogP contribution in [0, 0.1) is 23.7 Å². The number of likely N-dealkylation sites (tertiary alicyclic amines) is 1. The van der Waals surface area contributed by atoms with Gasteiger partial charge >= 0.3 is 12.2 Å². The van der Waals surface area contributed by atoms with Gasteiger partial charge in [-0.15, -0.1) is 0 Å². The molecule has 3 aromatic carbocycles. The Balaban J connectivity index is 1.01. The maximum Gasteiger partial charge on any atom is 0.407 e. The molecule has 14 nitrogen and oxygen atoms in total. The van der Waals surface area contributed by atoms with Gasteiger partial charge in [-0.2, -0.15) is 0 Å². The minimum absolute atomic E-state index is 0.108. The van der Waals surface area contributed by atoms with Crippen molar-refractivity contribution in [1.82, 2.24) is 40.4 Å². The predicted molar refractivity (Wildman–Crippen MR) is 232 cm³/mol. The van der Waals surface area contributed by atoms with Gasteiger partial charge in [-0.05, 0) is 78.3 Å². The fraction of sp³-hybridized carbons (Fsp3) is 0.362. The van der Waals surface area contributed by atoms with E-state index in [0.717, 1.165) is 62.8 Å². The lowest BCUT2D eigenvalue weighted by Crippen LogP contribution is -2.51. The second-order valence-corrected chi connectivity index (χ2v) is 16.3. The van der Waals surface area contributed by atoms with Crippen molar-refractivity contribution in [2.45, 2.75) is 71.6 Å². The molecule has 4 unspecified atom stereocenters. The van der Waals surface area contributed by atoms with Gasteiger partial charge in [0, 0.05) is 29.8 Å². The van der Waals surface area contributed by atoms with E-state index in [2.05, 4.69) is 66.7 Å². The van der Waals surface area contributed by atoms with Crippen molar-refractivity contribution in [2.75, 3.05) is 27.3 Å². The summed E-state index contributed by atoms with van der Waals surface area (Å²) in [6.45, 7) is 10.6. The fourth-order valence-corrected chi connectivity index (χ4v) is 7.95. The van der Waals surface area contributed by atoms with E-state index in [9.17, 15) is 19.2 Å². The molecule has 2 aliphatic heterocycles. The lowest BCUT2D eigenvalue weighted by molar-refractivity contribution is -0.136. The Bertz CT molecular complexity index is 2530. The van der Waals surface area contributed by atoms with Crippen LogP contribution in [0.4, 0.5) is 9.59 Å². The average Bonchev–Trinajstić information content (AvgIpc) is 4.10. The molecule has 0 bridgehead atoms. The lowest BCUT2D eigenvalue weighted by atomic mass is 10.0. The Kier molecular flexibility index (Phi) is 12.6. The Morgan fingerprint density at radius 1 is 0.721 bits per heavy atom. The number of aromatic nitrogens is 4. The third kappa shape index (κ3) is 9.31. The standard InChI is InChI=1S/C47H52N8O6/c1-27(2)40(52-46(58)60-6)44(56)54-20-8-9-38(54)42-48-24-36(50-42)32-15-12-30(13-16-32)10-11-31-14-17-34-23-35(19-18-33(34)22-31)37-25-49-43(51-37)39-21-29(5)26-55(39)45(57)41(28(3)4)53-47(59)61-7/h12-19,21-25,27-28,38-41H,8-9,20,26H2,1-7H3,(H,48,50)(H,49,51)(H,52,58)(H,53,59). The molecule has 0 aliphatic carbocycles. The number of hydrogen-bond donors (Lipinski definition) is 4. The topological polar surface area (TPSA) is 175 Å². The van der Waals surface area contributed by atoms with Crippen molar-refractivity contribution in [3.8, 4) is 34.4 Å². The minimum atomic E-state index is -0.735. The number of nitrogens with zero attached hydrogens (tertiary/aromatic N) is 4. The molecule has 61 heavy (non-hydrogen) atoms. The molecule has 7 rings (SSSR count). The number of hydrogen-bond acceptors (Lipinski definition) is 8. The zero-order valence-corrected chi connectivity index (χ0v) is 35.5. The van der Waals surface area contributed by atoms with Gasteiger partial charge in [0.05, 0.1) is 44.0 Å². The largest absolute Gasteiger partial charge is 0.453 e. The summed E-state index contributed by atoms with van der Waals surface area (Å²) in [5, 5.41) is 7.48. The first kappa shape index (κ1) is 42.3. The summed E-state index contributed by atoms with van der Waals surface area (Å²) < 4.78 is 9.52. The van der Waals surface area contributed by atoms with Crippen LogP contribution in [-0.2, 0) is 19.1 Å². The van der Waals surface area contributed by atoms with E-state index in [4.69, 9.17) is 9.47 Å². The molecule has 316 valence electrons. The molecule has 4 N–H and O–H groups in total. The van der Waals surface area contributed by atoms with E-state index < -0.39 is 30.3 Å². The van der Waals surface area contributed by atoms with Crippen LogP contribution in [0.15, 0.2) is 84.7 Å². The highest BCUT2D eigenvalue weighted by atomic mass is 16.5. The van der Waals surface area contributed by atoms with Crippen LogP contribution < -0.4 is 10.6 Å². The molecule has 5 aromatic rings. The van der Waals surface area contributed by atoms with Gasteiger partial charge in [-0.25, -0.2) is 19.6 Å². The van der Waals surface area contributed by atoms with E-state index in [1.54, 1.807) is 22.2 Å². The number of amides is 4. The maximum atomic E-state index is 13.7. The van der Waals surface area contributed by atoms with Crippen LogP contribution in [0.25, 0.3) is 33.3 Å². The van der Waals surface area contributed by atoms with Crippen molar-refractivity contribution in [3.05, 3.63) is 107 Å².